The Balaban J connectivity index is 2.98. The predicted molar refractivity (Wildman–Crippen MR) is 64.3 cm³/mol. The summed E-state index contributed by atoms with van der Waals surface area (Å²) in [6.45, 7) is 1.88. The number of nitrogens with one attached hydrogen (secondary N) is 1. The fourth-order valence-corrected chi connectivity index (χ4v) is 1.38. The highest BCUT2D eigenvalue weighted by Crippen LogP contribution is 2.23. The molecule has 86 valence electrons. The van der Waals surface area contributed by atoms with Crippen LogP contribution in [0.3, 0.4) is 0 Å². The third kappa shape index (κ3) is 3.22. The summed E-state index contributed by atoms with van der Waals surface area (Å²) in [4.78, 5) is 10.2. The maximum atomic E-state index is 10.7. The van der Waals surface area contributed by atoms with E-state index in [9.17, 15) is 10.1 Å². The molecule has 1 N–H and O–H groups in total. The summed E-state index contributed by atoms with van der Waals surface area (Å²) < 4.78 is 0. The van der Waals surface area contributed by atoms with Gasteiger partial charge in [-0.25, -0.2) is 0 Å². The smallest absolute Gasteiger partial charge is 0.289 e. The van der Waals surface area contributed by atoms with Gasteiger partial charge in [0.2, 0.25) is 0 Å². The highest BCUT2D eigenvalue weighted by Gasteiger charge is 2.14. The number of nitriles is 1. The van der Waals surface area contributed by atoms with Crippen LogP contribution in [0.4, 0.5) is 11.4 Å². The number of benzene rings is 1. The SMILES string of the molecule is C#CCC(C)Nc1ccc(C#N)c([N+](=O)[O-])c1. The molecule has 1 unspecified atom stereocenters. The maximum Gasteiger partial charge on any atom is 0.289 e. The van der Waals surface area contributed by atoms with Crippen LogP contribution in [0.25, 0.3) is 0 Å². The van der Waals surface area contributed by atoms with Crippen LogP contribution >= 0.6 is 0 Å². The van der Waals surface area contributed by atoms with Gasteiger partial charge in [0.1, 0.15) is 11.6 Å². The normalized spacial score (nSPS) is 11.0. The van der Waals surface area contributed by atoms with Crippen LogP contribution in [0.1, 0.15) is 18.9 Å². The first-order valence-electron chi connectivity index (χ1n) is 4.97. The number of nitro benzene ring substituents is 1. The summed E-state index contributed by atoms with van der Waals surface area (Å²) in [7, 11) is 0. The fraction of sp³-hybridized carbons (Fsp3) is 0.250. The van der Waals surface area contributed by atoms with Crippen molar-refractivity contribution in [1.29, 1.82) is 5.26 Å². The summed E-state index contributed by atoms with van der Waals surface area (Å²) in [6, 6.07) is 6.18. The fourth-order valence-electron chi connectivity index (χ4n) is 1.38. The molecule has 17 heavy (non-hydrogen) atoms. The van der Waals surface area contributed by atoms with Gasteiger partial charge in [0.25, 0.3) is 5.69 Å². The van der Waals surface area contributed by atoms with Gasteiger partial charge < -0.3 is 5.32 Å². The molecule has 0 heterocycles. The van der Waals surface area contributed by atoms with Crippen LogP contribution in [0.5, 0.6) is 0 Å². The molecule has 0 bridgehead atoms. The van der Waals surface area contributed by atoms with E-state index in [4.69, 9.17) is 11.7 Å². The van der Waals surface area contributed by atoms with Crippen molar-refractivity contribution < 1.29 is 4.92 Å². The molecule has 1 atom stereocenters. The van der Waals surface area contributed by atoms with Crippen LogP contribution in [0, 0.1) is 33.8 Å². The molecule has 0 radical (unpaired) electrons. The van der Waals surface area contributed by atoms with Crippen molar-refractivity contribution in [3.63, 3.8) is 0 Å². The molecule has 0 spiro atoms. The summed E-state index contributed by atoms with van der Waals surface area (Å²) in [5.74, 6) is 2.50. The van der Waals surface area contributed by atoms with Crippen LogP contribution in [0.2, 0.25) is 0 Å². The lowest BCUT2D eigenvalue weighted by Crippen LogP contribution is -2.14. The molecule has 0 fully saturated rings. The highest BCUT2D eigenvalue weighted by molar-refractivity contribution is 5.59. The number of nitro groups is 1. The Hall–Kier alpha value is -2.53. The van der Waals surface area contributed by atoms with Gasteiger partial charge in [-0.1, -0.05) is 0 Å². The van der Waals surface area contributed by atoms with E-state index in [2.05, 4.69) is 11.2 Å². The number of rotatable bonds is 4. The molecule has 1 rings (SSSR count). The Morgan fingerprint density at radius 1 is 1.65 bits per heavy atom. The first-order valence-corrected chi connectivity index (χ1v) is 4.97. The van der Waals surface area contributed by atoms with Crippen LogP contribution in [0.15, 0.2) is 18.2 Å². The summed E-state index contributed by atoms with van der Waals surface area (Å²) in [6.07, 6.45) is 5.69. The van der Waals surface area contributed by atoms with Crippen LogP contribution in [-0.2, 0) is 0 Å². The molecular weight excluding hydrogens is 218 g/mol. The van der Waals surface area contributed by atoms with Crippen molar-refractivity contribution in [3.8, 4) is 18.4 Å². The zero-order chi connectivity index (χ0) is 12.8. The van der Waals surface area contributed by atoms with E-state index in [0.29, 0.717) is 12.1 Å². The molecule has 0 aliphatic heterocycles. The van der Waals surface area contributed by atoms with E-state index in [-0.39, 0.29) is 17.3 Å². The van der Waals surface area contributed by atoms with Gasteiger partial charge in [0.05, 0.1) is 4.92 Å². The summed E-state index contributed by atoms with van der Waals surface area (Å²) in [5, 5.41) is 22.5. The third-order valence-corrected chi connectivity index (χ3v) is 2.15. The van der Waals surface area contributed by atoms with Crippen molar-refractivity contribution in [2.24, 2.45) is 0 Å². The minimum Gasteiger partial charge on any atom is -0.381 e. The van der Waals surface area contributed by atoms with E-state index in [0.717, 1.165) is 0 Å². The Labute approximate surface area is 99.2 Å². The minimum absolute atomic E-state index is 0.0209. The lowest BCUT2D eigenvalue weighted by molar-refractivity contribution is -0.385. The minimum atomic E-state index is -0.574. The Bertz CT molecular complexity index is 511. The average molecular weight is 229 g/mol. The Kier molecular flexibility index (Phi) is 4.08. The molecule has 0 amide bonds. The van der Waals surface area contributed by atoms with E-state index >= 15 is 0 Å². The van der Waals surface area contributed by atoms with Crippen LogP contribution < -0.4 is 5.32 Å². The van der Waals surface area contributed by atoms with Gasteiger partial charge in [-0.3, -0.25) is 10.1 Å². The third-order valence-electron chi connectivity index (χ3n) is 2.15. The van der Waals surface area contributed by atoms with E-state index < -0.39 is 4.92 Å². The van der Waals surface area contributed by atoms with Gasteiger partial charge in [-0.05, 0) is 19.1 Å². The van der Waals surface area contributed by atoms with E-state index in [1.165, 1.54) is 12.1 Å². The topological polar surface area (TPSA) is 79.0 Å². The molecule has 0 saturated carbocycles. The number of nitrogens with zero attached hydrogens (tertiary/aromatic N) is 2. The van der Waals surface area contributed by atoms with Crippen molar-refractivity contribution in [3.05, 3.63) is 33.9 Å². The second-order valence-corrected chi connectivity index (χ2v) is 3.55. The first-order chi connectivity index (χ1) is 8.08. The van der Waals surface area contributed by atoms with Crippen LogP contribution in [-0.4, -0.2) is 11.0 Å². The van der Waals surface area contributed by atoms with Gasteiger partial charge in [-0.2, -0.15) is 5.26 Å². The van der Waals surface area contributed by atoms with Gasteiger partial charge in [0, 0.05) is 24.2 Å². The molecule has 0 aromatic heterocycles. The quantitative estimate of drug-likeness (QED) is 0.488. The zero-order valence-electron chi connectivity index (χ0n) is 9.30. The van der Waals surface area contributed by atoms with E-state index in [1.807, 2.05) is 6.92 Å². The molecular formula is C12H11N3O2. The van der Waals surface area contributed by atoms with Gasteiger partial charge in [0.15, 0.2) is 0 Å². The number of anilines is 1. The van der Waals surface area contributed by atoms with Gasteiger partial charge in [-0.15, -0.1) is 12.3 Å². The summed E-state index contributed by atoms with van der Waals surface area (Å²) in [5.41, 5.74) is 0.425. The number of hydrogen-bond acceptors (Lipinski definition) is 4. The number of terminal acetylenes is 1. The molecule has 5 heteroatoms. The lowest BCUT2D eigenvalue weighted by Gasteiger charge is -2.12. The van der Waals surface area contributed by atoms with Crippen molar-refractivity contribution >= 4 is 11.4 Å². The lowest BCUT2D eigenvalue weighted by atomic mass is 10.1. The maximum absolute atomic E-state index is 10.7. The second-order valence-electron chi connectivity index (χ2n) is 3.55. The van der Waals surface area contributed by atoms with Crippen molar-refractivity contribution in [2.75, 3.05) is 5.32 Å². The predicted octanol–water partition coefficient (Wildman–Crippen LogP) is 2.29. The van der Waals surface area contributed by atoms with Gasteiger partial charge >= 0.3 is 0 Å². The number of hydrogen-bond donors (Lipinski definition) is 1. The Morgan fingerprint density at radius 2 is 2.35 bits per heavy atom. The van der Waals surface area contributed by atoms with E-state index in [1.54, 1.807) is 12.1 Å². The molecule has 1 aromatic rings. The first kappa shape index (κ1) is 12.5. The van der Waals surface area contributed by atoms with Crippen molar-refractivity contribution in [1.82, 2.24) is 0 Å². The molecule has 1 aromatic carbocycles. The summed E-state index contributed by atoms with van der Waals surface area (Å²) >= 11 is 0. The Morgan fingerprint density at radius 3 is 2.88 bits per heavy atom. The molecule has 0 aliphatic rings. The molecule has 0 aliphatic carbocycles. The highest BCUT2D eigenvalue weighted by atomic mass is 16.6. The zero-order valence-corrected chi connectivity index (χ0v) is 9.30. The average Bonchev–Trinajstić information content (AvgIpc) is 2.29. The largest absolute Gasteiger partial charge is 0.381 e. The monoisotopic (exact) mass is 229 g/mol. The standard InChI is InChI=1S/C12H11N3O2/c1-3-4-9(2)14-11-6-5-10(8-13)12(7-11)15(16)17/h1,5-7,9,14H,4H2,2H3. The molecule has 5 nitrogen and oxygen atoms in total. The second kappa shape index (κ2) is 5.53. The van der Waals surface area contributed by atoms with Crippen molar-refractivity contribution in [2.45, 2.75) is 19.4 Å². The molecule has 0 saturated heterocycles.